The van der Waals surface area contributed by atoms with Gasteiger partial charge >= 0.3 is 5.97 Å². The molecular weight excluding hydrogens is 492 g/mol. The number of nitrogens with one attached hydrogen (secondary N) is 1. The van der Waals surface area contributed by atoms with Crippen LogP contribution in [0.1, 0.15) is 44.2 Å². The lowest BCUT2D eigenvalue weighted by atomic mass is 10.00. The predicted molar refractivity (Wildman–Crippen MR) is 146 cm³/mol. The van der Waals surface area contributed by atoms with Gasteiger partial charge in [-0.25, -0.2) is 4.98 Å². The van der Waals surface area contributed by atoms with Gasteiger partial charge in [-0.1, -0.05) is 6.07 Å². The van der Waals surface area contributed by atoms with Gasteiger partial charge in [0.1, 0.15) is 11.9 Å². The summed E-state index contributed by atoms with van der Waals surface area (Å²) >= 11 is 5.94. The number of fused-ring (bicyclic) bond motifs is 1. The molecule has 1 saturated heterocycles. The van der Waals surface area contributed by atoms with Gasteiger partial charge in [0.2, 0.25) is 0 Å². The van der Waals surface area contributed by atoms with Crippen LogP contribution in [0, 0.1) is 12.8 Å². The molecule has 1 atom stereocenters. The Kier molecular flexibility index (Phi) is 9.05. The van der Waals surface area contributed by atoms with E-state index < -0.39 is 6.04 Å². The van der Waals surface area contributed by atoms with Crippen molar-refractivity contribution in [1.29, 1.82) is 0 Å². The topological polar surface area (TPSA) is 87.4 Å². The van der Waals surface area contributed by atoms with Crippen molar-refractivity contribution in [1.82, 2.24) is 19.4 Å². The van der Waals surface area contributed by atoms with Gasteiger partial charge in [-0.15, -0.1) is 11.6 Å². The average Bonchev–Trinajstić information content (AvgIpc) is 3.22. The number of aromatic nitrogens is 3. The Labute approximate surface area is 222 Å². The fraction of sp³-hybridized carbons (Fsp3) is 0.536. The predicted octanol–water partition coefficient (Wildman–Crippen LogP) is 4.18. The van der Waals surface area contributed by atoms with E-state index in [1.807, 2.05) is 33.0 Å². The van der Waals surface area contributed by atoms with Gasteiger partial charge in [0.15, 0.2) is 0 Å². The second-order valence-corrected chi connectivity index (χ2v) is 10.5. The number of aryl methyl sites for hydroxylation is 2. The smallest absolute Gasteiger partial charge is 0.323 e. The van der Waals surface area contributed by atoms with Crippen LogP contribution >= 0.6 is 11.6 Å². The van der Waals surface area contributed by atoms with Crippen molar-refractivity contribution in [2.75, 3.05) is 19.1 Å². The summed E-state index contributed by atoms with van der Waals surface area (Å²) in [6, 6.07) is 7.68. The van der Waals surface area contributed by atoms with E-state index in [-0.39, 0.29) is 17.6 Å². The van der Waals surface area contributed by atoms with E-state index in [0.717, 1.165) is 60.6 Å². The highest BCUT2D eigenvalue weighted by Crippen LogP contribution is 2.29. The highest BCUT2D eigenvalue weighted by Gasteiger charge is 2.22. The number of esters is 1. The highest BCUT2D eigenvalue weighted by atomic mass is 35.5. The fourth-order valence-electron chi connectivity index (χ4n) is 4.85. The fourth-order valence-corrected chi connectivity index (χ4v) is 5.06. The minimum atomic E-state index is -0.467. The quantitative estimate of drug-likeness (QED) is 0.314. The van der Waals surface area contributed by atoms with Crippen LogP contribution in [-0.2, 0) is 34.4 Å². The van der Waals surface area contributed by atoms with Crippen LogP contribution in [0.25, 0.3) is 22.4 Å². The lowest BCUT2D eigenvalue weighted by Crippen LogP contribution is -2.39. The number of ether oxygens (including phenoxy) is 2. The number of nitrogens with zero attached hydrogens (tertiary/aromatic N) is 3. The zero-order chi connectivity index (χ0) is 26.5. The van der Waals surface area contributed by atoms with Crippen molar-refractivity contribution in [3.8, 4) is 11.4 Å². The molecule has 1 aliphatic rings. The third-order valence-electron chi connectivity index (χ3n) is 6.80. The molecule has 9 heteroatoms. The van der Waals surface area contributed by atoms with Gasteiger partial charge in [0.05, 0.1) is 17.1 Å². The summed E-state index contributed by atoms with van der Waals surface area (Å²) in [7, 11) is 1.77. The minimum absolute atomic E-state index is 0.00769. The minimum Gasteiger partial charge on any atom is -0.462 e. The van der Waals surface area contributed by atoms with Crippen LogP contribution in [-0.4, -0.2) is 51.3 Å². The molecule has 1 N–H and O–H groups in total. The van der Waals surface area contributed by atoms with Crippen LogP contribution in [0.5, 0.6) is 0 Å². The maximum absolute atomic E-state index is 12.5. The molecule has 200 valence electrons. The summed E-state index contributed by atoms with van der Waals surface area (Å²) in [5, 5.41) is 3.30. The van der Waals surface area contributed by atoms with Crippen LogP contribution in [0.15, 0.2) is 35.3 Å². The molecule has 0 amide bonds. The maximum Gasteiger partial charge on any atom is 0.323 e. The molecule has 8 nitrogen and oxygen atoms in total. The van der Waals surface area contributed by atoms with Crippen molar-refractivity contribution >= 4 is 28.6 Å². The molecule has 3 aromatic rings. The third-order valence-corrected chi connectivity index (χ3v) is 7.02. The van der Waals surface area contributed by atoms with E-state index in [1.54, 1.807) is 11.6 Å². The van der Waals surface area contributed by atoms with Gasteiger partial charge in [-0.05, 0) is 69.7 Å². The first-order valence-electron chi connectivity index (χ1n) is 13.0. The second kappa shape index (κ2) is 12.2. The molecule has 4 rings (SSSR count). The summed E-state index contributed by atoms with van der Waals surface area (Å²) in [6.45, 7) is 8.41. The van der Waals surface area contributed by atoms with Crippen LogP contribution in [0.2, 0.25) is 0 Å². The van der Waals surface area contributed by atoms with Crippen molar-refractivity contribution in [2.45, 2.75) is 65.3 Å². The molecule has 0 bridgehead atoms. The van der Waals surface area contributed by atoms with Crippen molar-refractivity contribution in [3.63, 3.8) is 0 Å². The van der Waals surface area contributed by atoms with E-state index in [4.69, 9.17) is 26.1 Å². The highest BCUT2D eigenvalue weighted by molar-refractivity contribution is 6.18. The molecule has 3 heterocycles. The standard InChI is InChI=1S/C28H37ClN4O4/c1-18(2)37-28(35)23(7-10-29)30-15-21-5-6-25-24(14-21)31-26(22-13-19(3)27(34)32(4)17-22)33(25)16-20-8-11-36-12-9-20/h5-6,13-14,17-18,20,23,30H,7-12,15-16H2,1-4H3/t23-/m0/s1. The number of alkyl halides is 1. The Morgan fingerprint density at radius 3 is 2.70 bits per heavy atom. The molecule has 0 unspecified atom stereocenters. The van der Waals surface area contributed by atoms with Crippen LogP contribution in [0.4, 0.5) is 0 Å². The lowest BCUT2D eigenvalue weighted by molar-refractivity contribution is -0.150. The number of hydrogen-bond donors (Lipinski definition) is 1. The number of carbonyl (C=O) groups excluding carboxylic acids is 1. The molecular formula is C28H37ClN4O4. The van der Waals surface area contributed by atoms with Crippen molar-refractivity contribution in [2.24, 2.45) is 13.0 Å². The molecule has 2 aromatic heterocycles. The third kappa shape index (κ3) is 6.61. The number of carbonyl (C=O) groups is 1. The monoisotopic (exact) mass is 528 g/mol. The molecule has 0 spiro atoms. The van der Waals surface area contributed by atoms with Gasteiger partial charge in [-0.3, -0.25) is 9.59 Å². The van der Waals surface area contributed by atoms with E-state index in [9.17, 15) is 9.59 Å². The Bertz CT molecular complexity index is 1270. The van der Waals surface area contributed by atoms with Crippen molar-refractivity contribution in [3.05, 3.63) is 51.9 Å². The number of rotatable bonds is 10. The first-order chi connectivity index (χ1) is 17.8. The number of pyridine rings is 1. The van der Waals surface area contributed by atoms with Crippen LogP contribution in [0.3, 0.4) is 0 Å². The molecule has 37 heavy (non-hydrogen) atoms. The Balaban J connectivity index is 1.66. The number of imidazole rings is 1. The van der Waals surface area contributed by atoms with E-state index in [2.05, 4.69) is 28.1 Å². The SMILES string of the molecule is Cc1cc(-c2nc3cc(CN[C@@H](CCCl)C(=O)OC(C)C)ccc3n2CC2CCOCC2)cn(C)c1=O. The first kappa shape index (κ1) is 27.4. The summed E-state index contributed by atoms with van der Waals surface area (Å²) in [4.78, 5) is 29.8. The van der Waals surface area contributed by atoms with E-state index in [0.29, 0.717) is 30.3 Å². The Morgan fingerprint density at radius 2 is 2.03 bits per heavy atom. The normalized spacial score (nSPS) is 15.4. The molecule has 0 aliphatic carbocycles. The summed E-state index contributed by atoms with van der Waals surface area (Å²) in [5.74, 6) is 1.43. The first-order valence-corrected chi connectivity index (χ1v) is 13.5. The molecule has 0 radical (unpaired) electrons. The van der Waals surface area contributed by atoms with Crippen LogP contribution < -0.4 is 10.9 Å². The largest absolute Gasteiger partial charge is 0.462 e. The summed E-state index contributed by atoms with van der Waals surface area (Å²) < 4.78 is 14.8. The molecule has 1 aliphatic heterocycles. The van der Waals surface area contributed by atoms with Gasteiger partial charge in [-0.2, -0.15) is 0 Å². The number of halogens is 1. The lowest BCUT2D eigenvalue weighted by Gasteiger charge is -2.23. The second-order valence-electron chi connectivity index (χ2n) is 10.1. The Hall–Kier alpha value is -2.68. The zero-order valence-electron chi connectivity index (χ0n) is 22.1. The van der Waals surface area contributed by atoms with Crippen molar-refractivity contribution < 1.29 is 14.3 Å². The number of benzene rings is 1. The summed E-state index contributed by atoms with van der Waals surface area (Å²) in [6.07, 6.45) is 4.20. The van der Waals surface area contributed by atoms with E-state index >= 15 is 0 Å². The van der Waals surface area contributed by atoms with Gasteiger partial charge in [0, 0.05) is 56.6 Å². The average molecular weight is 529 g/mol. The van der Waals surface area contributed by atoms with Gasteiger partial charge < -0.3 is 23.9 Å². The van der Waals surface area contributed by atoms with E-state index in [1.165, 1.54) is 0 Å². The molecule has 1 fully saturated rings. The summed E-state index contributed by atoms with van der Waals surface area (Å²) in [5.41, 5.74) is 4.55. The Morgan fingerprint density at radius 1 is 1.27 bits per heavy atom. The molecule has 1 aromatic carbocycles. The maximum atomic E-state index is 12.5. The van der Waals surface area contributed by atoms with Gasteiger partial charge in [0.25, 0.3) is 5.56 Å². The zero-order valence-corrected chi connectivity index (χ0v) is 22.9. The number of hydrogen-bond acceptors (Lipinski definition) is 6. The molecule has 0 saturated carbocycles.